The lowest BCUT2D eigenvalue weighted by molar-refractivity contribution is 0.322. The molecule has 0 unspecified atom stereocenters. The lowest BCUT2D eigenvalue weighted by atomic mass is 9.80. The van der Waals surface area contributed by atoms with Crippen LogP contribution in [0.4, 0.5) is 0 Å². The maximum atomic E-state index is 8.67. The molecule has 0 saturated heterocycles. The Labute approximate surface area is 110 Å². The summed E-state index contributed by atoms with van der Waals surface area (Å²) in [6.45, 7) is 4.87. The first-order chi connectivity index (χ1) is 8.17. The molecule has 0 saturated carbocycles. The first-order valence-electron chi connectivity index (χ1n) is 6.22. The first-order valence-corrected chi connectivity index (χ1v) is 7.38. The van der Waals surface area contributed by atoms with Crippen molar-refractivity contribution in [2.24, 2.45) is 0 Å². The Morgan fingerprint density at radius 2 is 1.88 bits per heavy atom. The molecular formula is C15H23OS. The molecule has 2 heteroatoms. The molecular weight excluding hydrogens is 228 g/mol. The minimum Gasteiger partial charge on any atom is -0.396 e. The summed E-state index contributed by atoms with van der Waals surface area (Å²) in [5.74, 6) is 1.97. The predicted octanol–water partition coefficient (Wildman–Crippen LogP) is 3.67. The van der Waals surface area contributed by atoms with Gasteiger partial charge in [0.25, 0.3) is 0 Å². The summed E-state index contributed by atoms with van der Waals surface area (Å²) in [5, 5.41) is 8.67. The molecule has 0 aromatic heterocycles. The van der Waals surface area contributed by atoms with Gasteiger partial charge < -0.3 is 5.11 Å². The summed E-state index contributed by atoms with van der Waals surface area (Å²) in [6, 6.07) is 10.7. The van der Waals surface area contributed by atoms with Gasteiger partial charge in [0.1, 0.15) is 0 Å². The molecule has 0 aliphatic carbocycles. The largest absolute Gasteiger partial charge is 0.396 e. The molecule has 95 valence electrons. The van der Waals surface area contributed by atoms with Crippen LogP contribution in [0.3, 0.4) is 0 Å². The van der Waals surface area contributed by atoms with Gasteiger partial charge in [-0.3, -0.25) is 0 Å². The van der Waals surface area contributed by atoms with Gasteiger partial charge in [0.15, 0.2) is 0 Å². The lowest BCUT2D eigenvalue weighted by Gasteiger charge is -2.25. The zero-order chi connectivity index (χ0) is 12.6. The number of hydrogen-bond acceptors (Lipinski definition) is 2. The van der Waals surface area contributed by atoms with Gasteiger partial charge in [-0.1, -0.05) is 44.2 Å². The van der Waals surface area contributed by atoms with Crippen LogP contribution in [0.1, 0.15) is 32.3 Å². The molecule has 0 aliphatic heterocycles. The van der Waals surface area contributed by atoms with Crippen molar-refractivity contribution in [1.29, 1.82) is 0 Å². The Bertz CT molecular complexity index is 295. The highest BCUT2D eigenvalue weighted by Crippen LogP contribution is 2.28. The van der Waals surface area contributed by atoms with E-state index in [1.54, 1.807) is 0 Å². The van der Waals surface area contributed by atoms with Crippen LogP contribution in [-0.2, 0) is 5.41 Å². The van der Waals surface area contributed by atoms with Gasteiger partial charge >= 0.3 is 0 Å². The summed E-state index contributed by atoms with van der Waals surface area (Å²) >= 11 is 1.82. The highest BCUT2D eigenvalue weighted by molar-refractivity contribution is 7.99. The van der Waals surface area contributed by atoms with E-state index in [1.807, 2.05) is 11.8 Å². The SMILES string of the molecule is CC(C)(C[CH]CCSCCO)c1ccccc1. The summed E-state index contributed by atoms with van der Waals surface area (Å²) < 4.78 is 0. The van der Waals surface area contributed by atoms with Crippen molar-refractivity contribution in [3.63, 3.8) is 0 Å². The predicted molar refractivity (Wildman–Crippen MR) is 77.4 cm³/mol. The molecule has 1 rings (SSSR count). The Balaban J connectivity index is 2.26. The number of hydrogen-bond donors (Lipinski definition) is 1. The summed E-state index contributed by atoms with van der Waals surface area (Å²) in [6.07, 6.45) is 4.61. The van der Waals surface area contributed by atoms with Crippen molar-refractivity contribution in [3.05, 3.63) is 42.3 Å². The monoisotopic (exact) mass is 251 g/mol. The number of aliphatic hydroxyl groups excluding tert-OH is 1. The van der Waals surface area contributed by atoms with E-state index in [9.17, 15) is 0 Å². The van der Waals surface area contributed by atoms with Crippen LogP contribution in [0.5, 0.6) is 0 Å². The Kier molecular flexibility index (Phi) is 6.68. The van der Waals surface area contributed by atoms with Gasteiger partial charge in [0.2, 0.25) is 0 Å². The van der Waals surface area contributed by atoms with E-state index in [-0.39, 0.29) is 5.41 Å². The van der Waals surface area contributed by atoms with E-state index in [0.717, 1.165) is 24.3 Å². The highest BCUT2D eigenvalue weighted by Gasteiger charge is 2.19. The molecule has 0 heterocycles. The molecule has 0 amide bonds. The van der Waals surface area contributed by atoms with Gasteiger partial charge in [0, 0.05) is 5.75 Å². The second-order valence-electron chi connectivity index (χ2n) is 4.87. The number of rotatable bonds is 8. The number of aliphatic hydroxyl groups is 1. The van der Waals surface area contributed by atoms with Gasteiger partial charge in [-0.2, -0.15) is 11.8 Å². The molecule has 0 spiro atoms. The van der Waals surface area contributed by atoms with Crippen LogP contribution >= 0.6 is 11.8 Å². The molecule has 1 N–H and O–H groups in total. The third-order valence-electron chi connectivity index (χ3n) is 2.91. The number of unbranched alkanes of at least 4 members (excludes halogenated alkanes) is 1. The fraction of sp³-hybridized carbons (Fsp3) is 0.533. The van der Waals surface area contributed by atoms with Crippen molar-refractivity contribution < 1.29 is 5.11 Å². The van der Waals surface area contributed by atoms with E-state index in [4.69, 9.17) is 5.11 Å². The lowest BCUT2D eigenvalue weighted by Crippen LogP contribution is -2.17. The third-order valence-corrected chi connectivity index (χ3v) is 3.91. The smallest absolute Gasteiger partial charge is 0.0521 e. The van der Waals surface area contributed by atoms with Crippen molar-refractivity contribution in [2.75, 3.05) is 18.1 Å². The van der Waals surface area contributed by atoms with E-state index < -0.39 is 0 Å². The number of thioether (sulfide) groups is 1. The van der Waals surface area contributed by atoms with Crippen molar-refractivity contribution in [1.82, 2.24) is 0 Å². The summed E-state index contributed by atoms with van der Waals surface area (Å²) in [7, 11) is 0. The van der Waals surface area contributed by atoms with E-state index in [0.29, 0.717) is 6.61 Å². The van der Waals surface area contributed by atoms with Gasteiger partial charge in [-0.25, -0.2) is 0 Å². The van der Waals surface area contributed by atoms with Crippen LogP contribution in [0.15, 0.2) is 30.3 Å². The van der Waals surface area contributed by atoms with Crippen molar-refractivity contribution >= 4 is 11.8 Å². The topological polar surface area (TPSA) is 20.2 Å². The normalized spacial score (nSPS) is 11.7. The van der Waals surface area contributed by atoms with Crippen LogP contribution in [0.25, 0.3) is 0 Å². The van der Waals surface area contributed by atoms with E-state index >= 15 is 0 Å². The fourth-order valence-corrected chi connectivity index (χ4v) is 2.47. The maximum absolute atomic E-state index is 8.67. The second-order valence-corrected chi connectivity index (χ2v) is 6.09. The van der Waals surface area contributed by atoms with Crippen LogP contribution in [0.2, 0.25) is 0 Å². The van der Waals surface area contributed by atoms with Crippen molar-refractivity contribution in [3.8, 4) is 0 Å². The molecule has 0 fully saturated rings. The first kappa shape index (κ1) is 14.6. The van der Waals surface area contributed by atoms with Crippen LogP contribution in [0, 0.1) is 6.42 Å². The average molecular weight is 251 g/mol. The zero-order valence-corrected chi connectivity index (χ0v) is 11.7. The molecule has 1 radical (unpaired) electrons. The fourth-order valence-electron chi connectivity index (χ4n) is 1.80. The molecule has 0 aliphatic rings. The molecule has 1 aromatic carbocycles. The van der Waals surface area contributed by atoms with E-state index in [2.05, 4.69) is 50.6 Å². The van der Waals surface area contributed by atoms with E-state index in [1.165, 1.54) is 5.56 Å². The minimum absolute atomic E-state index is 0.225. The molecule has 0 atom stereocenters. The maximum Gasteiger partial charge on any atom is 0.0521 e. The molecule has 0 bridgehead atoms. The second kappa shape index (κ2) is 7.78. The van der Waals surface area contributed by atoms with Gasteiger partial charge in [-0.05, 0) is 36.0 Å². The molecule has 1 nitrogen and oxygen atoms in total. The van der Waals surface area contributed by atoms with Crippen molar-refractivity contribution in [2.45, 2.75) is 32.1 Å². The van der Waals surface area contributed by atoms with Gasteiger partial charge in [-0.15, -0.1) is 0 Å². The quantitative estimate of drug-likeness (QED) is 0.711. The third kappa shape index (κ3) is 5.60. The Morgan fingerprint density at radius 1 is 1.18 bits per heavy atom. The minimum atomic E-state index is 0.225. The Morgan fingerprint density at radius 3 is 2.53 bits per heavy atom. The number of benzene rings is 1. The highest BCUT2D eigenvalue weighted by atomic mass is 32.2. The average Bonchev–Trinajstić information content (AvgIpc) is 2.35. The standard InChI is InChI=1S/C15H23OS/c1-15(2,14-8-4-3-5-9-14)10-6-7-12-17-13-11-16/h3-6,8-9,16H,7,10-13H2,1-2H3. The molecule has 1 aromatic rings. The summed E-state index contributed by atoms with van der Waals surface area (Å²) in [4.78, 5) is 0. The van der Waals surface area contributed by atoms with Gasteiger partial charge in [0.05, 0.1) is 6.61 Å². The van der Waals surface area contributed by atoms with Crippen LogP contribution in [-0.4, -0.2) is 23.2 Å². The Hall–Kier alpha value is -0.470. The molecule has 17 heavy (non-hydrogen) atoms. The summed E-state index contributed by atoms with van der Waals surface area (Å²) in [5.41, 5.74) is 1.63. The van der Waals surface area contributed by atoms with Crippen LogP contribution < -0.4 is 0 Å². The zero-order valence-electron chi connectivity index (χ0n) is 10.9.